The fraction of sp³-hybridized carbons (Fsp3) is 0.235. The topological polar surface area (TPSA) is 76.0 Å². The molecule has 0 aliphatic carbocycles. The van der Waals surface area contributed by atoms with Gasteiger partial charge in [-0.2, -0.15) is 11.3 Å². The smallest absolute Gasteiger partial charge is 0.252 e. The second-order valence-corrected chi connectivity index (χ2v) is 6.15. The van der Waals surface area contributed by atoms with E-state index in [1.54, 1.807) is 11.4 Å². The number of fused-ring (bicyclic) bond motifs is 1. The number of rotatable bonds is 6. The van der Waals surface area contributed by atoms with Crippen LogP contribution < -0.4 is 10.6 Å². The molecule has 0 spiro atoms. The van der Waals surface area contributed by atoms with Crippen LogP contribution in [0, 0.1) is 0 Å². The lowest BCUT2D eigenvalue weighted by molar-refractivity contribution is -0.121. The maximum atomic E-state index is 11.9. The minimum absolute atomic E-state index is 0.118. The molecule has 6 nitrogen and oxygen atoms in total. The number of para-hydroxylation sites is 2. The molecule has 0 bridgehead atoms. The lowest BCUT2D eigenvalue weighted by atomic mass is 10.3. The van der Waals surface area contributed by atoms with E-state index in [0.717, 1.165) is 16.9 Å². The van der Waals surface area contributed by atoms with Crippen molar-refractivity contribution in [3.05, 3.63) is 52.5 Å². The molecule has 3 aromatic rings. The Balaban J connectivity index is 1.47. The van der Waals surface area contributed by atoms with Gasteiger partial charge in [-0.3, -0.25) is 9.59 Å². The Labute approximate surface area is 143 Å². The van der Waals surface area contributed by atoms with Crippen LogP contribution in [0.4, 0.5) is 0 Å². The van der Waals surface area contributed by atoms with E-state index in [0.29, 0.717) is 18.7 Å². The minimum atomic E-state index is -0.153. The molecule has 2 amide bonds. The van der Waals surface area contributed by atoms with Gasteiger partial charge >= 0.3 is 0 Å². The number of hydrogen-bond donors (Lipinski definition) is 2. The molecular weight excluding hydrogens is 324 g/mol. The van der Waals surface area contributed by atoms with Crippen LogP contribution >= 0.6 is 11.3 Å². The quantitative estimate of drug-likeness (QED) is 0.720. The van der Waals surface area contributed by atoms with Crippen LogP contribution in [0.25, 0.3) is 11.0 Å². The number of carbonyl (C=O) groups is 2. The lowest BCUT2D eigenvalue weighted by Gasteiger charge is -2.06. The minimum Gasteiger partial charge on any atom is -0.351 e. The van der Waals surface area contributed by atoms with Gasteiger partial charge in [0.25, 0.3) is 5.91 Å². The van der Waals surface area contributed by atoms with Crippen LogP contribution in [0.1, 0.15) is 22.6 Å². The van der Waals surface area contributed by atoms with Gasteiger partial charge in [-0.1, -0.05) is 12.1 Å². The van der Waals surface area contributed by atoms with Gasteiger partial charge in [0.2, 0.25) is 5.91 Å². The Morgan fingerprint density at radius 1 is 1.21 bits per heavy atom. The molecule has 2 N–H and O–H groups in total. The van der Waals surface area contributed by atoms with Gasteiger partial charge in [0.15, 0.2) is 0 Å². The first kappa shape index (κ1) is 16.2. The van der Waals surface area contributed by atoms with Crippen LogP contribution in [-0.2, 0) is 18.4 Å². The monoisotopic (exact) mass is 342 g/mol. The van der Waals surface area contributed by atoms with Crippen molar-refractivity contribution < 1.29 is 9.59 Å². The molecule has 24 heavy (non-hydrogen) atoms. The SMILES string of the molecule is Cn1c(CNC(=O)CCNC(=O)c2ccsc2)nc2ccccc21. The number of thiophene rings is 1. The van der Waals surface area contributed by atoms with E-state index in [-0.39, 0.29) is 18.2 Å². The first-order chi connectivity index (χ1) is 11.6. The van der Waals surface area contributed by atoms with Gasteiger partial charge in [0, 0.05) is 31.0 Å². The van der Waals surface area contributed by atoms with Crippen molar-refractivity contribution in [2.45, 2.75) is 13.0 Å². The molecule has 2 aromatic heterocycles. The Kier molecular flexibility index (Phi) is 4.90. The number of carbonyl (C=O) groups excluding carboxylic acids is 2. The van der Waals surface area contributed by atoms with Gasteiger partial charge in [0.1, 0.15) is 5.82 Å². The predicted octanol–water partition coefficient (Wildman–Crippen LogP) is 2.07. The van der Waals surface area contributed by atoms with Gasteiger partial charge in [-0.25, -0.2) is 4.98 Å². The Morgan fingerprint density at radius 2 is 2.04 bits per heavy atom. The van der Waals surface area contributed by atoms with Crippen molar-refractivity contribution in [3.63, 3.8) is 0 Å². The van der Waals surface area contributed by atoms with E-state index in [1.165, 1.54) is 11.3 Å². The maximum absolute atomic E-state index is 11.9. The summed E-state index contributed by atoms with van der Waals surface area (Å²) in [6.45, 7) is 0.672. The Hall–Kier alpha value is -2.67. The van der Waals surface area contributed by atoms with Crippen LogP contribution in [0.2, 0.25) is 0 Å². The summed E-state index contributed by atoms with van der Waals surface area (Å²) >= 11 is 1.47. The van der Waals surface area contributed by atoms with Crippen molar-refractivity contribution >= 4 is 34.2 Å². The van der Waals surface area contributed by atoms with Crippen molar-refractivity contribution in [1.29, 1.82) is 0 Å². The molecule has 1 aromatic carbocycles. The summed E-state index contributed by atoms with van der Waals surface area (Å²) in [6, 6.07) is 9.59. The molecule has 0 atom stereocenters. The van der Waals surface area contributed by atoms with Crippen LogP contribution in [0.3, 0.4) is 0 Å². The molecular formula is C17H18N4O2S. The van der Waals surface area contributed by atoms with Crippen molar-refractivity contribution in [3.8, 4) is 0 Å². The number of aromatic nitrogens is 2. The summed E-state index contributed by atoms with van der Waals surface area (Å²) in [6.07, 6.45) is 0.236. The first-order valence-electron chi connectivity index (χ1n) is 7.62. The second-order valence-electron chi connectivity index (χ2n) is 5.37. The number of aryl methyl sites for hydroxylation is 1. The molecule has 0 saturated heterocycles. The van der Waals surface area contributed by atoms with E-state index in [2.05, 4.69) is 15.6 Å². The molecule has 0 aliphatic heterocycles. The molecule has 124 valence electrons. The summed E-state index contributed by atoms with van der Waals surface area (Å²) in [5.41, 5.74) is 2.57. The fourth-order valence-corrected chi connectivity index (χ4v) is 3.04. The zero-order valence-corrected chi connectivity index (χ0v) is 14.1. The molecule has 0 aliphatic rings. The van der Waals surface area contributed by atoms with E-state index in [4.69, 9.17) is 0 Å². The number of nitrogens with zero attached hydrogens (tertiary/aromatic N) is 2. The summed E-state index contributed by atoms with van der Waals surface area (Å²) in [4.78, 5) is 28.2. The van der Waals surface area contributed by atoms with Crippen LogP contribution in [-0.4, -0.2) is 27.9 Å². The van der Waals surface area contributed by atoms with E-state index in [1.807, 2.05) is 41.3 Å². The highest BCUT2D eigenvalue weighted by atomic mass is 32.1. The van der Waals surface area contributed by atoms with Crippen molar-refractivity contribution in [1.82, 2.24) is 20.2 Å². The number of hydrogen-bond acceptors (Lipinski definition) is 4. The third-order valence-corrected chi connectivity index (χ3v) is 4.43. The summed E-state index contributed by atoms with van der Waals surface area (Å²) in [5.74, 6) is 0.527. The third-order valence-electron chi connectivity index (χ3n) is 3.74. The highest BCUT2D eigenvalue weighted by Gasteiger charge is 2.09. The summed E-state index contributed by atoms with van der Waals surface area (Å²) in [7, 11) is 1.93. The molecule has 0 saturated carbocycles. The second kappa shape index (κ2) is 7.27. The first-order valence-corrected chi connectivity index (χ1v) is 8.57. The molecule has 7 heteroatoms. The Morgan fingerprint density at radius 3 is 2.79 bits per heavy atom. The van der Waals surface area contributed by atoms with Gasteiger partial charge < -0.3 is 15.2 Å². The standard InChI is InChI=1S/C17H18N4O2S/c1-21-14-5-3-2-4-13(14)20-15(21)10-19-16(22)6-8-18-17(23)12-7-9-24-11-12/h2-5,7,9,11H,6,8,10H2,1H3,(H,18,23)(H,19,22). The molecule has 3 rings (SSSR count). The van der Waals surface area contributed by atoms with Gasteiger partial charge in [0.05, 0.1) is 17.6 Å². The molecule has 0 unspecified atom stereocenters. The highest BCUT2D eigenvalue weighted by Crippen LogP contribution is 2.13. The highest BCUT2D eigenvalue weighted by molar-refractivity contribution is 7.08. The average molecular weight is 342 g/mol. The summed E-state index contributed by atoms with van der Waals surface area (Å²) in [5, 5.41) is 9.20. The van der Waals surface area contributed by atoms with E-state index < -0.39 is 0 Å². The van der Waals surface area contributed by atoms with Crippen LogP contribution in [0.5, 0.6) is 0 Å². The number of imidazole rings is 1. The number of nitrogens with one attached hydrogen (secondary N) is 2. The molecule has 2 heterocycles. The van der Waals surface area contributed by atoms with Gasteiger partial charge in [-0.05, 0) is 23.6 Å². The normalized spacial score (nSPS) is 10.7. The zero-order valence-electron chi connectivity index (χ0n) is 13.3. The van der Waals surface area contributed by atoms with Crippen LogP contribution in [0.15, 0.2) is 41.1 Å². The Bertz CT molecular complexity index is 855. The largest absolute Gasteiger partial charge is 0.351 e. The van der Waals surface area contributed by atoms with E-state index >= 15 is 0 Å². The summed E-state index contributed by atoms with van der Waals surface area (Å²) < 4.78 is 1.97. The predicted molar refractivity (Wildman–Crippen MR) is 93.8 cm³/mol. The maximum Gasteiger partial charge on any atom is 0.252 e. The lowest BCUT2D eigenvalue weighted by Crippen LogP contribution is -2.30. The molecule has 0 radical (unpaired) electrons. The molecule has 0 fully saturated rings. The van der Waals surface area contributed by atoms with Crippen molar-refractivity contribution in [2.24, 2.45) is 7.05 Å². The number of amides is 2. The van der Waals surface area contributed by atoms with Gasteiger partial charge in [-0.15, -0.1) is 0 Å². The van der Waals surface area contributed by atoms with Crippen molar-refractivity contribution in [2.75, 3.05) is 6.54 Å². The third kappa shape index (κ3) is 3.62. The number of benzene rings is 1. The van der Waals surface area contributed by atoms with E-state index in [9.17, 15) is 9.59 Å². The average Bonchev–Trinajstić information content (AvgIpc) is 3.22. The zero-order chi connectivity index (χ0) is 16.9. The fourth-order valence-electron chi connectivity index (χ4n) is 2.40.